The van der Waals surface area contributed by atoms with Crippen LogP contribution in [0, 0.1) is 5.41 Å². The molecular weight excluding hydrogens is 252 g/mol. The first-order valence-corrected chi connectivity index (χ1v) is 7.09. The second-order valence-electron chi connectivity index (χ2n) is 6.36. The Morgan fingerprint density at radius 3 is 2.75 bits per heavy atom. The van der Waals surface area contributed by atoms with E-state index in [4.69, 9.17) is 10.3 Å². The number of nitrogens with two attached hydrogens (primary N) is 1. The zero-order chi connectivity index (χ0) is 14.2. The summed E-state index contributed by atoms with van der Waals surface area (Å²) in [6.45, 7) is 4.64. The van der Waals surface area contributed by atoms with E-state index in [1.807, 2.05) is 0 Å². The number of hydrogen-bond acceptors (Lipinski definition) is 5. The molecule has 0 unspecified atom stereocenters. The van der Waals surface area contributed by atoms with Crippen molar-refractivity contribution >= 4 is 5.69 Å². The summed E-state index contributed by atoms with van der Waals surface area (Å²) in [6, 6.07) is 1.80. The van der Waals surface area contributed by atoms with E-state index >= 15 is 0 Å². The van der Waals surface area contributed by atoms with Crippen molar-refractivity contribution < 1.29 is 4.52 Å². The number of nitrogen functional groups attached to an aromatic ring is 1. The standard InChI is InChI=1S/C15H20N4O/c1-15(2)6-3-10(4-7-15)13-18-14(20-19-13)11-5-8-17-9-12(11)16/h5,8-10H,3-4,6-7,16H2,1-2H3. The molecule has 1 fully saturated rings. The zero-order valence-corrected chi connectivity index (χ0v) is 12.0. The van der Waals surface area contributed by atoms with Crippen LogP contribution in [0.2, 0.25) is 0 Å². The lowest BCUT2D eigenvalue weighted by Crippen LogP contribution is -2.20. The van der Waals surface area contributed by atoms with Gasteiger partial charge in [-0.2, -0.15) is 4.98 Å². The molecule has 1 saturated carbocycles. The molecule has 0 saturated heterocycles. The molecule has 0 amide bonds. The average Bonchev–Trinajstić information content (AvgIpc) is 2.88. The van der Waals surface area contributed by atoms with Gasteiger partial charge in [0.25, 0.3) is 5.89 Å². The van der Waals surface area contributed by atoms with Crippen molar-refractivity contribution in [2.24, 2.45) is 5.41 Å². The summed E-state index contributed by atoms with van der Waals surface area (Å²) >= 11 is 0. The van der Waals surface area contributed by atoms with Gasteiger partial charge in [0.2, 0.25) is 0 Å². The van der Waals surface area contributed by atoms with Gasteiger partial charge in [-0.05, 0) is 37.2 Å². The number of hydrogen-bond donors (Lipinski definition) is 1. The maximum absolute atomic E-state index is 5.89. The minimum Gasteiger partial charge on any atom is -0.397 e. The molecule has 0 spiro atoms. The second kappa shape index (κ2) is 4.89. The van der Waals surface area contributed by atoms with Crippen molar-refractivity contribution in [3.05, 3.63) is 24.3 Å². The predicted molar refractivity (Wildman–Crippen MR) is 76.9 cm³/mol. The van der Waals surface area contributed by atoms with E-state index in [1.54, 1.807) is 18.5 Å². The van der Waals surface area contributed by atoms with Crippen molar-refractivity contribution in [2.45, 2.75) is 45.4 Å². The number of nitrogens with zero attached hydrogens (tertiary/aromatic N) is 3. The molecule has 0 aliphatic heterocycles. The highest BCUT2D eigenvalue weighted by molar-refractivity contribution is 5.68. The second-order valence-corrected chi connectivity index (χ2v) is 6.36. The lowest BCUT2D eigenvalue weighted by molar-refractivity contribution is 0.218. The maximum Gasteiger partial charge on any atom is 0.260 e. The van der Waals surface area contributed by atoms with Gasteiger partial charge in [-0.1, -0.05) is 19.0 Å². The first kappa shape index (κ1) is 13.1. The van der Waals surface area contributed by atoms with Crippen LogP contribution >= 0.6 is 0 Å². The van der Waals surface area contributed by atoms with Crippen molar-refractivity contribution in [1.82, 2.24) is 15.1 Å². The number of anilines is 1. The monoisotopic (exact) mass is 272 g/mol. The Labute approximate surface area is 118 Å². The van der Waals surface area contributed by atoms with E-state index in [0.717, 1.165) is 24.2 Å². The third-order valence-electron chi connectivity index (χ3n) is 4.23. The molecule has 1 aliphatic rings. The van der Waals surface area contributed by atoms with E-state index in [-0.39, 0.29) is 0 Å². The van der Waals surface area contributed by atoms with E-state index in [1.165, 1.54) is 12.8 Å². The van der Waals surface area contributed by atoms with Crippen molar-refractivity contribution in [3.8, 4) is 11.5 Å². The van der Waals surface area contributed by atoms with Gasteiger partial charge in [0, 0.05) is 12.1 Å². The molecule has 106 valence electrons. The van der Waals surface area contributed by atoms with Gasteiger partial charge in [0.05, 0.1) is 17.4 Å². The van der Waals surface area contributed by atoms with E-state index < -0.39 is 0 Å². The van der Waals surface area contributed by atoms with Crippen molar-refractivity contribution in [2.75, 3.05) is 5.73 Å². The molecule has 2 aromatic heterocycles. The highest BCUT2D eigenvalue weighted by Crippen LogP contribution is 2.41. The molecule has 20 heavy (non-hydrogen) atoms. The SMILES string of the molecule is CC1(C)CCC(c2noc(-c3ccncc3N)n2)CC1. The normalized spacial score (nSPS) is 19.1. The summed E-state index contributed by atoms with van der Waals surface area (Å²) < 4.78 is 5.37. The molecule has 2 aromatic rings. The Balaban J connectivity index is 1.80. The van der Waals surface area contributed by atoms with Gasteiger partial charge in [0.15, 0.2) is 5.82 Å². The Morgan fingerprint density at radius 1 is 1.30 bits per heavy atom. The Bertz CT molecular complexity index is 595. The van der Waals surface area contributed by atoms with Gasteiger partial charge < -0.3 is 10.3 Å². The molecule has 2 heterocycles. The van der Waals surface area contributed by atoms with E-state index in [0.29, 0.717) is 22.9 Å². The summed E-state index contributed by atoms with van der Waals surface area (Å²) in [5, 5.41) is 4.14. The van der Waals surface area contributed by atoms with E-state index in [2.05, 4.69) is 29.0 Å². The van der Waals surface area contributed by atoms with Crippen molar-refractivity contribution in [3.63, 3.8) is 0 Å². The zero-order valence-electron chi connectivity index (χ0n) is 12.0. The summed E-state index contributed by atoms with van der Waals surface area (Å²) in [7, 11) is 0. The molecule has 0 aromatic carbocycles. The molecule has 5 nitrogen and oxygen atoms in total. The first-order valence-electron chi connectivity index (χ1n) is 7.09. The summed E-state index contributed by atoms with van der Waals surface area (Å²) in [4.78, 5) is 8.50. The quantitative estimate of drug-likeness (QED) is 0.906. The van der Waals surface area contributed by atoms with Crippen LogP contribution < -0.4 is 5.73 Å². The van der Waals surface area contributed by atoms with Crippen LogP contribution in [-0.4, -0.2) is 15.1 Å². The van der Waals surface area contributed by atoms with Gasteiger partial charge in [-0.15, -0.1) is 0 Å². The minimum absolute atomic E-state index is 0.406. The third-order valence-corrected chi connectivity index (χ3v) is 4.23. The maximum atomic E-state index is 5.89. The Kier molecular flexibility index (Phi) is 3.20. The fourth-order valence-electron chi connectivity index (χ4n) is 2.77. The van der Waals surface area contributed by atoms with E-state index in [9.17, 15) is 0 Å². The third kappa shape index (κ3) is 2.53. The Morgan fingerprint density at radius 2 is 2.05 bits per heavy atom. The van der Waals surface area contributed by atoms with Crippen LogP contribution in [-0.2, 0) is 0 Å². The van der Waals surface area contributed by atoms with Crippen LogP contribution in [0.25, 0.3) is 11.5 Å². The van der Waals surface area contributed by atoms with Crippen LogP contribution in [0.5, 0.6) is 0 Å². The van der Waals surface area contributed by atoms with Crippen LogP contribution in [0.1, 0.15) is 51.3 Å². The molecule has 0 atom stereocenters. The molecule has 1 aliphatic carbocycles. The molecular formula is C15H20N4O. The predicted octanol–water partition coefficient (Wildman–Crippen LogP) is 3.40. The summed E-state index contributed by atoms with van der Waals surface area (Å²) in [6.07, 6.45) is 7.94. The first-order chi connectivity index (χ1) is 9.55. The topological polar surface area (TPSA) is 77.8 Å². The van der Waals surface area contributed by atoms with Gasteiger partial charge in [-0.25, -0.2) is 0 Å². The Hall–Kier alpha value is -1.91. The number of rotatable bonds is 2. The fourth-order valence-corrected chi connectivity index (χ4v) is 2.77. The molecule has 5 heteroatoms. The fraction of sp³-hybridized carbons (Fsp3) is 0.533. The summed E-state index contributed by atoms with van der Waals surface area (Å²) in [5.74, 6) is 1.71. The molecule has 0 bridgehead atoms. The molecule has 0 radical (unpaired) electrons. The smallest absolute Gasteiger partial charge is 0.260 e. The van der Waals surface area contributed by atoms with Crippen LogP contribution in [0.15, 0.2) is 23.0 Å². The van der Waals surface area contributed by atoms with Crippen LogP contribution in [0.3, 0.4) is 0 Å². The molecule has 3 rings (SSSR count). The average molecular weight is 272 g/mol. The lowest BCUT2D eigenvalue weighted by Gasteiger charge is -2.32. The van der Waals surface area contributed by atoms with Gasteiger partial charge in [-0.3, -0.25) is 4.98 Å². The van der Waals surface area contributed by atoms with Gasteiger partial charge >= 0.3 is 0 Å². The highest BCUT2D eigenvalue weighted by atomic mass is 16.5. The largest absolute Gasteiger partial charge is 0.397 e. The lowest BCUT2D eigenvalue weighted by atomic mass is 9.73. The molecule has 2 N–H and O–H groups in total. The highest BCUT2D eigenvalue weighted by Gasteiger charge is 2.30. The number of pyridine rings is 1. The summed E-state index contributed by atoms with van der Waals surface area (Å²) in [5.41, 5.74) is 7.65. The van der Waals surface area contributed by atoms with Crippen molar-refractivity contribution in [1.29, 1.82) is 0 Å². The van der Waals surface area contributed by atoms with Crippen LogP contribution in [0.4, 0.5) is 5.69 Å². The number of aromatic nitrogens is 3. The minimum atomic E-state index is 0.406. The van der Waals surface area contributed by atoms with Gasteiger partial charge in [0.1, 0.15) is 0 Å².